The number of rotatable bonds is 2. The van der Waals surface area contributed by atoms with Crippen LogP contribution >= 0.6 is 12.6 Å². The molecule has 0 radical (unpaired) electrons. The number of hydrogen-bond donors (Lipinski definition) is 2. The van der Waals surface area contributed by atoms with E-state index in [-0.39, 0.29) is 5.41 Å². The van der Waals surface area contributed by atoms with Crippen molar-refractivity contribution in [1.29, 1.82) is 0 Å². The first-order valence-electron chi connectivity index (χ1n) is 5.72. The summed E-state index contributed by atoms with van der Waals surface area (Å²) in [6, 6.07) is 2.19. The van der Waals surface area contributed by atoms with E-state index in [1.54, 1.807) is 0 Å². The maximum atomic E-state index is 10.3. The first kappa shape index (κ1) is 13.4. The average molecular weight is 238 g/mol. The lowest BCUT2D eigenvalue weighted by Crippen LogP contribution is -2.16. The largest absolute Gasteiger partial charge is 0.507 e. The third kappa shape index (κ3) is 2.54. The molecule has 1 aromatic rings. The van der Waals surface area contributed by atoms with Crippen molar-refractivity contribution >= 4 is 12.6 Å². The number of thiol groups is 1. The molecule has 90 valence electrons. The summed E-state index contributed by atoms with van der Waals surface area (Å²) in [5.74, 6) is 1.27. The lowest BCUT2D eigenvalue weighted by atomic mass is 9.80. The van der Waals surface area contributed by atoms with Crippen LogP contribution in [0.1, 0.15) is 43.0 Å². The fraction of sp³-hybridized carbons (Fsp3) is 0.571. The first-order chi connectivity index (χ1) is 7.29. The summed E-state index contributed by atoms with van der Waals surface area (Å²) in [6.45, 7) is 10.4. The molecular formula is C14H22OS. The predicted molar refractivity (Wildman–Crippen MR) is 73.8 cm³/mol. The molecule has 0 unspecified atom stereocenters. The van der Waals surface area contributed by atoms with Gasteiger partial charge in [0.2, 0.25) is 0 Å². The van der Waals surface area contributed by atoms with Crippen molar-refractivity contribution in [2.75, 3.05) is 5.75 Å². The van der Waals surface area contributed by atoms with Crippen LogP contribution in [-0.4, -0.2) is 10.9 Å². The van der Waals surface area contributed by atoms with Gasteiger partial charge in [-0.25, -0.2) is 0 Å². The molecule has 0 bridgehead atoms. The van der Waals surface area contributed by atoms with Crippen molar-refractivity contribution in [3.05, 3.63) is 28.3 Å². The summed E-state index contributed by atoms with van der Waals surface area (Å²) in [5, 5.41) is 10.3. The third-order valence-electron chi connectivity index (χ3n) is 3.03. The monoisotopic (exact) mass is 238 g/mol. The molecular weight excluding hydrogens is 216 g/mol. The average Bonchev–Trinajstić information content (AvgIpc) is 2.12. The molecule has 2 heteroatoms. The summed E-state index contributed by atoms with van der Waals surface area (Å²) in [6.07, 6.45) is 0.907. The smallest absolute Gasteiger partial charge is 0.122 e. The zero-order valence-electron chi connectivity index (χ0n) is 10.9. The summed E-state index contributed by atoms with van der Waals surface area (Å²) >= 11 is 4.29. The van der Waals surface area contributed by atoms with Crippen molar-refractivity contribution < 1.29 is 5.11 Å². The van der Waals surface area contributed by atoms with E-state index in [2.05, 4.69) is 39.5 Å². The summed E-state index contributed by atoms with van der Waals surface area (Å²) in [4.78, 5) is 0. The Kier molecular flexibility index (Phi) is 3.95. The SMILES string of the molecule is Cc1cc(CCS)c(C(C)(C)C)c(O)c1C. The molecule has 1 N–H and O–H groups in total. The second-order valence-electron chi connectivity index (χ2n) is 5.42. The zero-order chi connectivity index (χ0) is 12.5. The van der Waals surface area contributed by atoms with E-state index in [4.69, 9.17) is 0 Å². The Morgan fingerprint density at radius 3 is 2.25 bits per heavy atom. The summed E-state index contributed by atoms with van der Waals surface area (Å²) in [7, 11) is 0. The van der Waals surface area contributed by atoms with Crippen LogP contribution in [0.5, 0.6) is 5.75 Å². The highest BCUT2D eigenvalue weighted by Crippen LogP contribution is 2.37. The van der Waals surface area contributed by atoms with E-state index in [9.17, 15) is 5.11 Å². The van der Waals surface area contributed by atoms with Gasteiger partial charge >= 0.3 is 0 Å². The minimum Gasteiger partial charge on any atom is -0.507 e. The number of aromatic hydroxyl groups is 1. The molecule has 0 aromatic heterocycles. The number of phenols is 1. The number of benzene rings is 1. The van der Waals surface area contributed by atoms with Crippen LogP contribution in [0.15, 0.2) is 6.07 Å². The topological polar surface area (TPSA) is 20.2 Å². The normalized spacial score (nSPS) is 11.9. The molecule has 16 heavy (non-hydrogen) atoms. The molecule has 0 aliphatic carbocycles. The molecule has 0 aliphatic rings. The van der Waals surface area contributed by atoms with Crippen LogP contribution in [0.25, 0.3) is 0 Å². The lowest BCUT2D eigenvalue weighted by Gasteiger charge is -2.26. The second kappa shape index (κ2) is 4.70. The molecule has 1 aromatic carbocycles. The number of hydrogen-bond acceptors (Lipinski definition) is 2. The van der Waals surface area contributed by atoms with Crippen molar-refractivity contribution in [1.82, 2.24) is 0 Å². The lowest BCUT2D eigenvalue weighted by molar-refractivity contribution is 0.440. The van der Waals surface area contributed by atoms with Crippen LogP contribution in [0.4, 0.5) is 0 Å². The van der Waals surface area contributed by atoms with Gasteiger partial charge in [-0.3, -0.25) is 0 Å². The molecule has 0 spiro atoms. The van der Waals surface area contributed by atoms with E-state index in [1.165, 1.54) is 5.56 Å². The van der Waals surface area contributed by atoms with Gasteiger partial charge in [0.05, 0.1) is 0 Å². The highest BCUT2D eigenvalue weighted by Gasteiger charge is 2.23. The van der Waals surface area contributed by atoms with E-state index in [1.807, 2.05) is 13.8 Å². The second-order valence-corrected chi connectivity index (χ2v) is 5.87. The van der Waals surface area contributed by atoms with Gasteiger partial charge in [0, 0.05) is 5.56 Å². The van der Waals surface area contributed by atoms with Crippen LogP contribution in [0.3, 0.4) is 0 Å². The van der Waals surface area contributed by atoms with Gasteiger partial charge in [-0.05, 0) is 48.1 Å². The van der Waals surface area contributed by atoms with Crippen molar-refractivity contribution in [2.45, 2.75) is 46.5 Å². The minimum atomic E-state index is -0.0270. The number of aryl methyl sites for hydroxylation is 2. The quantitative estimate of drug-likeness (QED) is 0.751. The van der Waals surface area contributed by atoms with Crippen molar-refractivity contribution in [2.24, 2.45) is 0 Å². The Labute approximate surface area is 104 Å². The number of phenolic OH excluding ortho intramolecular Hbond substituents is 1. The Balaban J connectivity index is 3.48. The van der Waals surface area contributed by atoms with Crippen LogP contribution < -0.4 is 0 Å². The van der Waals surface area contributed by atoms with Gasteiger partial charge in [-0.15, -0.1) is 0 Å². The first-order valence-corrected chi connectivity index (χ1v) is 6.35. The Morgan fingerprint density at radius 2 is 1.81 bits per heavy atom. The molecule has 0 aliphatic heterocycles. The maximum Gasteiger partial charge on any atom is 0.122 e. The van der Waals surface area contributed by atoms with E-state index in [0.29, 0.717) is 5.75 Å². The minimum absolute atomic E-state index is 0.0270. The Morgan fingerprint density at radius 1 is 1.25 bits per heavy atom. The molecule has 1 rings (SSSR count). The van der Waals surface area contributed by atoms with Crippen molar-refractivity contribution in [3.8, 4) is 5.75 Å². The van der Waals surface area contributed by atoms with Crippen LogP contribution in [0, 0.1) is 13.8 Å². The molecule has 1 nitrogen and oxygen atoms in total. The standard InChI is InChI=1S/C14H22OS/c1-9-8-11(6-7-16)12(14(3,4)5)13(15)10(9)2/h8,15-16H,6-7H2,1-5H3. The molecule has 0 fully saturated rings. The van der Waals surface area contributed by atoms with Gasteiger partial charge in [0.25, 0.3) is 0 Å². The van der Waals surface area contributed by atoms with E-state index < -0.39 is 0 Å². The molecule has 0 saturated heterocycles. The summed E-state index contributed by atoms with van der Waals surface area (Å²) in [5.41, 5.74) is 4.42. The Bertz CT molecular complexity index is 389. The molecule has 0 heterocycles. The molecule has 0 saturated carbocycles. The van der Waals surface area contributed by atoms with E-state index in [0.717, 1.165) is 28.9 Å². The highest BCUT2D eigenvalue weighted by atomic mass is 32.1. The Hall–Kier alpha value is -0.630. The predicted octanol–water partition coefficient (Wildman–Crippen LogP) is 3.78. The van der Waals surface area contributed by atoms with Crippen molar-refractivity contribution in [3.63, 3.8) is 0 Å². The van der Waals surface area contributed by atoms with E-state index >= 15 is 0 Å². The van der Waals surface area contributed by atoms with Gasteiger partial charge < -0.3 is 5.11 Å². The molecule has 0 amide bonds. The summed E-state index contributed by atoms with van der Waals surface area (Å²) < 4.78 is 0. The van der Waals surface area contributed by atoms with Gasteiger partial charge in [0.1, 0.15) is 5.75 Å². The van der Waals surface area contributed by atoms with Gasteiger partial charge in [-0.1, -0.05) is 26.8 Å². The fourth-order valence-electron chi connectivity index (χ4n) is 2.12. The van der Waals surface area contributed by atoms with Gasteiger partial charge in [-0.2, -0.15) is 12.6 Å². The molecule has 0 atom stereocenters. The van der Waals surface area contributed by atoms with Crippen LogP contribution in [0.2, 0.25) is 0 Å². The van der Waals surface area contributed by atoms with Gasteiger partial charge in [0.15, 0.2) is 0 Å². The zero-order valence-corrected chi connectivity index (χ0v) is 11.8. The third-order valence-corrected chi connectivity index (χ3v) is 3.25. The fourth-order valence-corrected chi connectivity index (χ4v) is 2.36. The van der Waals surface area contributed by atoms with Crippen LogP contribution in [-0.2, 0) is 11.8 Å². The maximum absolute atomic E-state index is 10.3. The highest BCUT2D eigenvalue weighted by molar-refractivity contribution is 7.80.